The van der Waals surface area contributed by atoms with Crippen LogP contribution in [0.3, 0.4) is 0 Å². The van der Waals surface area contributed by atoms with E-state index in [-0.39, 0.29) is 32.5 Å². The van der Waals surface area contributed by atoms with Gasteiger partial charge < -0.3 is 16.1 Å². The first-order valence-electron chi connectivity index (χ1n) is 18.0. The third-order valence-corrected chi connectivity index (χ3v) is 17.2. The maximum Gasteiger partial charge on any atom is 0.0577 e. The fraction of sp³-hybridized carbons (Fsp3) is 0.825. The molecule has 4 N–H and O–H groups in total. The van der Waals surface area contributed by atoms with E-state index in [1.165, 1.54) is 69.9 Å². The Morgan fingerprint density at radius 3 is 1.60 bits per heavy atom. The number of aliphatic hydroxyl groups is 2. The second kappa shape index (κ2) is 15.4. The van der Waals surface area contributed by atoms with Gasteiger partial charge in [-0.25, -0.2) is 0 Å². The lowest BCUT2D eigenvalue weighted by molar-refractivity contribution is -0.0268. The zero-order chi connectivity index (χ0) is 32.4. The normalized spacial score (nSPS) is 48.2. The second-order valence-corrected chi connectivity index (χ2v) is 18.3. The summed E-state index contributed by atoms with van der Waals surface area (Å²) in [6.07, 6.45) is 25.0. The third-order valence-electron chi connectivity index (χ3n) is 15.5. The summed E-state index contributed by atoms with van der Waals surface area (Å²) in [4.78, 5) is 0. The molecule has 0 bridgehead atoms. The standard InChI is InChI=1S/C19H27IO.C19H30N2O.2CH4.I2/c1-18-9-7-13(21)11-12(18)3-4-14-15-5-6-17(20)19(15,2)10-8-16(14)18;1-18-9-7-13(22)11-12(18)3-4-14-15-5-6-17(21-20)19(15,2)10-8-16(14)18;;;1-2/h3,6,13-16,21H,4-5,7-11H2,1-2H3;3,13-16,22H,4-11,20H2,1-2H3;2*1H4;/b;21-17+;;;/t2*13-,14?,15?,16?,18-,19-;;;/m00.../s1. The molecular formula is C40H65I3N2O2. The van der Waals surface area contributed by atoms with E-state index in [4.69, 9.17) is 5.84 Å². The number of rotatable bonds is 0. The minimum Gasteiger partial charge on any atom is -0.393 e. The molecule has 0 aliphatic heterocycles. The number of nitrogens with two attached hydrogens (primary N) is 1. The molecule has 0 aromatic heterocycles. The largest absolute Gasteiger partial charge is 0.393 e. The lowest BCUT2D eigenvalue weighted by Gasteiger charge is -2.57. The van der Waals surface area contributed by atoms with Crippen LogP contribution in [0, 0.1) is 57.2 Å². The summed E-state index contributed by atoms with van der Waals surface area (Å²) in [7, 11) is 0. The summed E-state index contributed by atoms with van der Waals surface area (Å²) in [5.74, 6) is 10.6. The zero-order valence-corrected chi connectivity index (χ0v) is 34.5. The van der Waals surface area contributed by atoms with Gasteiger partial charge >= 0.3 is 0 Å². The molecule has 47 heavy (non-hydrogen) atoms. The van der Waals surface area contributed by atoms with Gasteiger partial charge in [-0.1, -0.05) is 71.9 Å². The Balaban J connectivity index is 0.000000195. The van der Waals surface area contributed by atoms with E-state index in [9.17, 15) is 10.2 Å². The van der Waals surface area contributed by atoms with Crippen LogP contribution in [0.25, 0.3) is 0 Å². The van der Waals surface area contributed by atoms with Crippen molar-refractivity contribution in [1.82, 2.24) is 0 Å². The Hall–Kier alpha value is 0.800. The van der Waals surface area contributed by atoms with E-state index in [0.29, 0.717) is 16.2 Å². The van der Waals surface area contributed by atoms with Crippen molar-refractivity contribution in [2.45, 2.75) is 151 Å². The molecule has 8 aliphatic rings. The molecule has 0 aromatic rings. The van der Waals surface area contributed by atoms with E-state index >= 15 is 0 Å². The fourth-order valence-corrected chi connectivity index (χ4v) is 13.7. The Bertz CT molecular complexity index is 1260. The van der Waals surface area contributed by atoms with Gasteiger partial charge in [-0.15, -0.1) is 0 Å². The van der Waals surface area contributed by atoms with Gasteiger partial charge in [0.05, 0.1) is 12.2 Å². The highest BCUT2D eigenvalue weighted by molar-refractivity contribution is 15.0. The summed E-state index contributed by atoms with van der Waals surface area (Å²) in [5, 5.41) is 24.2. The van der Waals surface area contributed by atoms with Gasteiger partial charge in [0.2, 0.25) is 0 Å². The molecule has 8 aliphatic carbocycles. The number of fused-ring (bicyclic) bond motifs is 10. The molecular weight excluding hydrogens is 921 g/mol. The van der Waals surface area contributed by atoms with Gasteiger partial charge in [0.25, 0.3) is 0 Å². The van der Waals surface area contributed by atoms with Gasteiger partial charge in [0.1, 0.15) is 0 Å². The molecule has 5 saturated carbocycles. The molecule has 0 spiro atoms. The molecule has 12 atom stereocenters. The first-order valence-corrected chi connectivity index (χ1v) is 25.3. The van der Waals surface area contributed by atoms with Crippen molar-refractivity contribution >= 4 is 65.5 Å². The lowest BCUT2D eigenvalue weighted by atomic mass is 9.48. The van der Waals surface area contributed by atoms with Crippen molar-refractivity contribution in [2.24, 2.45) is 68.1 Å². The quantitative estimate of drug-likeness (QED) is 0.0979. The van der Waals surface area contributed by atoms with Gasteiger partial charge in [0.15, 0.2) is 0 Å². The lowest BCUT2D eigenvalue weighted by Crippen LogP contribution is -2.50. The van der Waals surface area contributed by atoms with Crippen molar-refractivity contribution in [1.29, 1.82) is 0 Å². The topological polar surface area (TPSA) is 78.8 Å². The highest BCUT2D eigenvalue weighted by Gasteiger charge is 2.58. The molecule has 0 aromatic carbocycles. The van der Waals surface area contributed by atoms with Crippen LogP contribution in [0.1, 0.15) is 139 Å². The van der Waals surface area contributed by atoms with Gasteiger partial charge in [-0.2, -0.15) is 5.10 Å². The average molecular weight is 987 g/mol. The Morgan fingerprint density at radius 1 is 0.638 bits per heavy atom. The molecule has 8 rings (SSSR count). The van der Waals surface area contributed by atoms with Crippen molar-refractivity contribution in [3.63, 3.8) is 0 Å². The maximum absolute atomic E-state index is 10.0. The molecule has 5 fully saturated rings. The van der Waals surface area contributed by atoms with Crippen LogP contribution in [0.5, 0.6) is 0 Å². The molecule has 0 radical (unpaired) electrons. The molecule has 0 heterocycles. The molecule has 4 nitrogen and oxygen atoms in total. The third kappa shape index (κ3) is 6.66. The van der Waals surface area contributed by atoms with Crippen molar-refractivity contribution in [2.75, 3.05) is 0 Å². The Labute approximate surface area is 324 Å². The summed E-state index contributed by atoms with van der Waals surface area (Å²) < 4.78 is 1.63. The molecule has 7 heteroatoms. The molecule has 0 amide bonds. The predicted molar refractivity (Wildman–Crippen MR) is 226 cm³/mol. The monoisotopic (exact) mass is 986 g/mol. The van der Waals surface area contributed by atoms with Crippen LogP contribution in [-0.4, -0.2) is 28.1 Å². The zero-order valence-electron chi connectivity index (χ0n) is 28.0. The maximum atomic E-state index is 10.0. The average Bonchev–Trinajstić information content (AvgIpc) is 3.54. The van der Waals surface area contributed by atoms with Crippen molar-refractivity contribution in [3.05, 3.63) is 33.0 Å². The van der Waals surface area contributed by atoms with Crippen LogP contribution < -0.4 is 5.84 Å². The smallest absolute Gasteiger partial charge is 0.0577 e. The van der Waals surface area contributed by atoms with E-state index in [0.717, 1.165) is 67.6 Å². The van der Waals surface area contributed by atoms with Gasteiger partial charge in [-0.05, 0) is 169 Å². The fourth-order valence-electron chi connectivity index (χ4n) is 12.8. The molecule has 6 unspecified atom stereocenters. The summed E-state index contributed by atoms with van der Waals surface area (Å²) in [6, 6.07) is 0. The number of hydrazone groups is 1. The minimum atomic E-state index is -0.104. The minimum absolute atomic E-state index is 0. The van der Waals surface area contributed by atoms with Gasteiger partial charge in [-0.3, -0.25) is 0 Å². The van der Waals surface area contributed by atoms with Crippen LogP contribution in [-0.2, 0) is 0 Å². The first kappa shape index (κ1) is 40.6. The Morgan fingerprint density at radius 2 is 1.09 bits per heavy atom. The van der Waals surface area contributed by atoms with E-state index in [1.807, 2.05) is 0 Å². The Kier molecular flexibility index (Phi) is 13.3. The number of nitrogens with zero attached hydrogens (tertiary/aromatic N) is 1. The highest BCUT2D eigenvalue weighted by Crippen LogP contribution is 2.66. The number of hydrogen-bond acceptors (Lipinski definition) is 4. The highest BCUT2D eigenvalue weighted by atomic mass is 128. The summed E-state index contributed by atoms with van der Waals surface area (Å²) >= 11 is 6.84. The van der Waals surface area contributed by atoms with Crippen LogP contribution in [0.15, 0.2) is 38.1 Å². The van der Waals surface area contributed by atoms with E-state index in [2.05, 4.69) is 111 Å². The molecule has 0 saturated heterocycles. The van der Waals surface area contributed by atoms with Crippen LogP contribution in [0.4, 0.5) is 0 Å². The van der Waals surface area contributed by atoms with Crippen LogP contribution >= 0.6 is 59.8 Å². The predicted octanol–water partition coefficient (Wildman–Crippen LogP) is 11.9. The number of halogens is 3. The first-order chi connectivity index (χ1) is 21.4. The number of allylic oxidation sites excluding steroid dienone is 4. The van der Waals surface area contributed by atoms with Gasteiger partial charge in [0, 0.05) is 53.8 Å². The van der Waals surface area contributed by atoms with Crippen molar-refractivity contribution in [3.8, 4) is 0 Å². The second-order valence-electron chi connectivity index (χ2n) is 17.1. The van der Waals surface area contributed by atoms with E-state index in [1.54, 1.807) is 14.7 Å². The van der Waals surface area contributed by atoms with Crippen molar-refractivity contribution < 1.29 is 10.2 Å². The summed E-state index contributed by atoms with van der Waals surface area (Å²) in [5.41, 5.74) is 5.87. The number of aliphatic hydroxyl groups excluding tert-OH is 2. The molecule has 268 valence electrons. The number of hydrogen-bond donors (Lipinski definition) is 3. The summed E-state index contributed by atoms with van der Waals surface area (Å²) in [6.45, 7) is 9.93. The van der Waals surface area contributed by atoms with Crippen LogP contribution in [0.2, 0.25) is 0 Å². The SMILES string of the molecule is C.C.C[C@]12CC[C@H](O)CC1=CCC1C2CC[C@]2(C)/C(=N/N)CCC12.C[C@]12CC[C@H](O)CC1=CCC1C2CC[C@]2(C)C(I)=CCC12.II. The van der Waals surface area contributed by atoms with E-state index < -0.39 is 0 Å².